The summed E-state index contributed by atoms with van der Waals surface area (Å²) in [7, 11) is 0. The zero-order chi connectivity index (χ0) is 24.3. The first-order valence-electron chi connectivity index (χ1n) is 10.8. The van der Waals surface area contributed by atoms with Crippen molar-refractivity contribution in [1.29, 1.82) is 0 Å². The molecule has 0 amide bonds. The standard InChI is InChI=1S/C25H23F3N2O4/c1-2-33-23(32)20-14-24-17(12-13-29-20)4-3-5-22(24)30-15-19(24)21(31)11-8-16-6-9-18(10-7-16)34-25(26,27)28/h3-12,14,19,29-30H,2,13,15H2,1H3. The summed E-state index contributed by atoms with van der Waals surface area (Å²) in [5.41, 5.74) is 1.69. The van der Waals surface area contributed by atoms with Crippen molar-refractivity contribution in [2.75, 3.05) is 19.7 Å². The maximum absolute atomic E-state index is 13.3. The zero-order valence-electron chi connectivity index (χ0n) is 18.3. The second-order valence-corrected chi connectivity index (χ2v) is 7.91. The summed E-state index contributed by atoms with van der Waals surface area (Å²) in [6.45, 7) is 2.72. The molecule has 2 N–H and O–H groups in total. The highest BCUT2D eigenvalue weighted by Gasteiger charge is 2.52. The fourth-order valence-corrected chi connectivity index (χ4v) is 4.43. The fourth-order valence-electron chi connectivity index (χ4n) is 4.43. The van der Waals surface area contributed by atoms with E-state index in [4.69, 9.17) is 4.74 Å². The molecule has 9 heteroatoms. The molecule has 2 atom stereocenters. The van der Waals surface area contributed by atoms with E-state index in [-0.39, 0.29) is 18.1 Å². The summed E-state index contributed by atoms with van der Waals surface area (Å²) >= 11 is 0. The van der Waals surface area contributed by atoms with E-state index < -0.39 is 23.7 Å². The zero-order valence-corrected chi connectivity index (χ0v) is 18.3. The van der Waals surface area contributed by atoms with E-state index >= 15 is 0 Å². The van der Waals surface area contributed by atoms with Gasteiger partial charge in [-0.05, 0) is 48.4 Å². The fraction of sp³-hybridized carbons (Fsp3) is 0.280. The number of allylic oxidation sites excluding steroid dienone is 5. The van der Waals surface area contributed by atoms with E-state index in [2.05, 4.69) is 15.4 Å². The second kappa shape index (κ2) is 9.24. The number of esters is 1. The quantitative estimate of drug-likeness (QED) is 0.485. The molecule has 1 saturated heterocycles. The number of carbonyl (C=O) groups excluding carboxylic acids is 2. The minimum atomic E-state index is -4.77. The molecular weight excluding hydrogens is 449 g/mol. The van der Waals surface area contributed by atoms with Crippen LogP contribution in [0.4, 0.5) is 13.2 Å². The van der Waals surface area contributed by atoms with Gasteiger partial charge in [-0.2, -0.15) is 0 Å². The Balaban J connectivity index is 1.61. The number of alkyl halides is 3. The van der Waals surface area contributed by atoms with Crippen molar-refractivity contribution in [2.45, 2.75) is 13.3 Å². The highest BCUT2D eigenvalue weighted by atomic mass is 19.4. The van der Waals surface area contributed by atoms with E-state index in [1.807, 2.05) is 24.3 Å². The molecule has 0 radical (unpaired) electrons. The number of hydrogen-bond donors (Lipinski definition) is 2. The van der Waals surface area contributed by atoms with E-state index in [1.54, 1.807) is 19.1 Å². The van der Waals surface area contributed by atoms with Gasteiger partial charge in [0.15, 0.2) is 5.78 Å². The Hall–Kier alpha value is -3.75. The summed E-state index contributed by atoms with van der Waals surface area (Å²) in [4.78, 5) is 25.8. The number of rotatable bonds is 6. The Morgan fingerprint density at radius 2 is 1.97 bits per heavy atom. The van der Waals surface area contributed by atoms with E-state index in [9.17, 15) is 22.8 Å². The van der Waals surface area contributed by atoms with Crippen LogP contribution in [-0.2, 0) is 14.3 Å². The highest BCUT2D eigenvalue weighted by Crippen LogP contribution is 2.51. The van der Waals surface area contributed by atoms with Crippen LogP contribution in [0.2, 0.25) is 0 Å². The van der Waals surface area contributed by atoms with Crippen LogP contribution in [0.1, 0.15) is 12.5 Å². The van der Waals surface area contributed by atoms with Gasteiger partial charge >= 0.3 is 12.3 Å². The van der Waals surface area contributed by atoms with Crippen LogP contribution in [0.3, 0.4) is 0 Å². The van der Waals surface area contributed by atoms with E-state index in [0.717, 1.165) is 11.3 Å². The Morgan fingerprint density at radius 3 is 2.68 bits per heavy atom. The number of hydrogen-bond acceptors (Lipinski definition) is 6. The monoisotopic (exact) mass is 472 g/mol. The first kappa shape index (κ1) is 23.4. The van der Waals surface area contributed by atoms with Crippen LogP contribution < -0.4 is 15.4 Å². The first-order chi connectivity index (χ1) is 16.2. The molecule has 6 nitrogen and oxygen atoms in total. The van der Waals surface area contributed by atoms with Crippen molar-refractivity contribution in [1.82, 2.24) is 10.6 Å². The van der Waals surface area contributed by atoms with E-state index in [1.165, 1.54) is 30.3 Å². The van der Waals surface area contributed by atoms with Crippen molar-refractivity contribution in [3.63, 3.8) is 0 Å². The van der Waals surface area contributed by atoms with Crippen LogP contribution in [0.15, 0.2) is 77.7 Å². The SMILES string of the molecule is CCOC(=O)C1=CC23C(=CCN1)C=CC=C2NCC3C(=O)C=Cc1ccc(OC(F)(F)F)cc1. The second-order valence-electron chi connectivity index (χ2n) is 7.91. The van der Waals surface area contributed by atoms with Crippen LogP contribution in [0.5, 0.6) is 5.75 Å². The molecule has 0 bridgehead atoms. The molecule has 1 aromatic carbocycles. The van der Waals surface area contributed by atoms with Crippen LogP contribution in [-0.4, -0.2) is 37.8 Å². The highest BCUT2D eigenvalue weighted by molar-refractivity contribution is 5.98. The third-order valence-electron chi connectivity index (χ3n) is 5.89. The Bertz CT molecular complexity index is 1130. The van der Waals surface area contributed by atoms with Gasteiger partial charge < -0.3 is 20.1 Å². The van der Waals surface area contributed by atoms with Gasteiger partial charge in [-0.15, -0.1) is 13.2 Å². The molecule has 2 unspecified atom stereocenters. The molecule has 4 rings (SSSR count). The summed E-state index contributed by atoms with van der Waals surface area (Å²) in [5, 5.41) is 6.36. The largest absolute Gasteiger partial charge is 0.573 e. The normalized spacial score (nSPS) is 23.4. The van der Waals surface area contributed by atoms with E-state index in [0.29, 0.717) is 24.4 Å². The maximum atomic E-state index is 13.3. The summed E-state index contributed by atoms with van der Waals surface area (Å²) < 4.78 is 46.1. The van der Waals surface area contributed by atoms with Crippen molar-refractivity contribution in [3.05, 3.63) is 83.3 Å². The van der Waals surface area contributed by atoms with Gasteiger partial charge in [0.2, 0.25) is 0 Å². The number of nitrogens with one attached hydrogen (secondary N) is 2. The minimum Gasteiger partial charge on any atom is -0.461 e. The van der Waals surface area contributed by atoms with Crippen molar-refractivity contribution < 1.29 is 32.2 Å². The van der Waals surface area contributed by atoms with Crippen LogP contribution >= 0.6 is 0 Å². The van der Waals surface area contributed by atoms with Crippen molar-refractivity contribution >= 4 is 17.8 Å². The molecule has 34 heavy (non-hydrogen) atoms. The molecule has 2 heterocycles. The molecule has 2 aliphatic heterocycles. The summed E-state index contributed by atoms with van der Waals surface area (Å²) in [6, 6.07) is 5.24. The van der Waals surface area contributed by atoms with Crippen LogP contribution in [0, 0.1) is 11.3 Å². The molecule has 0 aromatic heterocycles. The van der Waals surface area contributed by atoms with Gasteiger partial charge in [0, 0.05) is 18.8 Å². The lowest BCUT2D eigenvalue weighted by Crippen LogP contribution is -2.35. The van der Waals surface area contributed by atoms with Gasteiger partial charge in [-0.1, -0.05) is 36.4 Å². The number of halogens is 3. The number of ketones is 1. The first-order valence-corrected chi connectivity index (χ1v) is 10.8. The number of benzene rings is 1. The van der Waals surface area contributed by atoms with Gasteiger partial charge in [0.1, 0.15) is 11.4 Å². The predicted octanol–water partition coefficient (Wildman–Crippen LogP) is 3.80. The number of ether oxygens (including phenoxy) is 2. The van der Waals surface area contributed by atoms with Gasteiger partial charge in [-0.25, -0.2) is 4.79 Å². The van der Waals surface area contributed by atoms with Crippen LogP contribution in [0.25, 0.3) is 6.08 Å². The molecule has 1 aliphatic carbocycles. The van der Waals surface area contributed by atoms with Crippen molar-refractivity contribution in [3.8, 4) is 5.75 Å². The molecule has 0 saturated carbocycles. The molecule has 1 fully saturated rings. The average molecular weight is 472 g/mol. The summed E-state index contributed by atoms with van der Waals surface area (Å²) in [6.07, 6.45) is 7.60. The lowest BCUT2D eigenvalue weighted by molar-refractivity contribution is -0.274. The third-order valence-corrected chi connectivity index (χ3v) is 5.89. The summed E-state index contributed by atoms with van der Waals surface area (Å²) in [5.74, 6) is -1.55. The molecule has 1 spiro atoms. The lowest BCUT2D eigenvalue weighted by atomic mass is 9.66. The Labute approximate surface area is 194 Å². The number of carbonyl (C=O) groups is 2. The lowest BCUT2D eigenvalue weighted by Gasteiger charge is -2.34. The Kier molecular flexibility index (Phi) is 6.37. The minimum absolute atomic E-state index is 0.186. The maximum Gasteiger partial charge on any atom is 0.573 e. The molecule has 3 aliphatic rings. The molecule has 178 valence electrons. The smallest absolute Gasteiger partial charge is 0.461 e. The Morgan fingerprint density at radius 1 is 1.21 bits per heavy atom. The third kappa shape index (κ3) is 4.64. The van der Waals surface area contributed by atoms with Crippen molar-refractivity contribution in [2.24, 2.45) is 11.3 Å². The predicted molar refractivity (Wildman–Crippen MR) is 119 cm³/mol. The average Bonchev–Trinajstić information content (AvgIpc) is 3.04. The van der Waals surface area contributed by atoms with Gasteiger partial charge in [0.25, 0.3) is 0 Å². The van der Waals surface area contributed by atoms with Gasteiger partial charge in [-0.3, -0.25) is 4.79 Å². The topological polar surface area (TPSA) is 76.7 Å². The molecular formula is C25H23F3N2O4. The van der Waals surface area contributed by atoms with Gasteiger partial charge in [0.05, 0.1) is 17.9 Å². The molecule has 1 aromatic rings.